The normalized spacial score (nSPS) is 11.2. The third-order valence-corrected chi connectivity index (χ3v) is 2.96. The second-order valence-corrected chi connectivity index (χ2v) is 5.94. The molecular formula is C15H28FN5. The molecule has 21 heavy (non-hydrogen) atoms. The fourth-order valence-electron chi connectivity index (χ4n) is 1.95. The van der Waals surface area contributed by atoms with Crippen LogP contribution in [0.2, 0.25) is 0 Å². The van der Waals surface area contributed by atoms with Crippen molar-refractivity contribution in [2.24, 2.45) is 5.92 Å². The van der Waals surface area contributed by atoms with Gasteiger partial charge in [-0.3, -0.25) is 0 Å². The third-order valence-electron chi connectivity index (χ3n) is 2.96. The Kier molecular flexibility index (Phi) is 7.36. The Morgan fingerprint density at radius 3 is 2.57 bits per heavy atom. The van der Waals surface area contributed by atoms with Gasteiger partial charge in [0.25, 0.3) is 0 Å². The van der Waals surface area contributed by atoms with E-state index in [0.717, 1.165) is 32.6 Å². The Morgan fingerprint density at radius 2 is 2.00 bits per heavy atom. The molecule has 0 aromatic carbocycles. The van der Waals surface area contributed by atoms with Crippen LogP contribution >= 0.6 is 0 Å². The number of likely N-dealkylation sites (N-methyl/N-ethyl adjacent to an activating group) is 1. The standard InChI is InChI=1S/C15H28FN5/c1-6-7-17-15-18-10-13(16)14(19-15)21(11-12(2)3)9-8-20(4)5/h10,12H,6-9,11H2,1-5H3,(H,17,18,19). The minimum Gasteiger partial charge on any atom is -0.354 e. The molecule has 120 valence electrons. The number of halogens is 1. The molecule has 1 aromatic rings. The molecule has 0 amide bonds. The van der Waals surface area contributed by atoms with Gasteiger partial charge in [-0.2, -0.15) is 4.98 Å². The van der Waals surface area contributed by atoms with Gasteiger partial charge in [0.15, 0.2) is 11.6 Å². The number of aromatic nitrogens is 2. The summed E-state index contributed by atoms with van der Waals surface area (Å²) in [7, 11) is 4.02. The molecule has 1 heterocycles. The molecule has 0 spiro atoms. The lowest BCUT2D eigenvalue weighted by Gasteiger charge is -2.27. The zero-order chi connectivity index (χ0) is 15.8. The van der Waals surface area contributed by atoms with Crippen molar-refractivity contribution in [3.63, 3.8) is 0 Å². The fraction of sp³-hybridized carbons (Fsp3) is 0.733. The van der Waals surface area contributed by atoms with Crippen molar-refractivity contribution in [2.75, 3.05) is 50.5 Å². The summed E-state index contributed by atoms with van der Waals surface area (Å²) in [5.41, 5.74) is 0. The average Bonchev–Trinajstić information content (AvgIpc) is 2.42. The lowest BCUT2D eigenvalue weighted by Crippen LogP contribution is -2.35. The summed E-state index contributed by atoms with van der Waals surface area (Å²) in [6, 6.07) is 0. The van der Waals surface area contributed by atoms with E-state index in [1.807, 2.05) is 19.0 Å². The van der Waals surface area contributed by atoms with Gasteiger partial charge in [-0.1, -0.05) is 20.8 Å². The van der Waals surface area contributed by atoms with Gasteiger partial charge < -0.3 is 15.1 Å². The molecule has 0 bridgehead atoms. The van der Waals surface area contributed by atoms with E-state index < -0.39 is 0 Å². The number of hydrogen-bond acceptors (Lipinski definition) is 5. The third kappa shape index (κ3) is 6.25. The maximum atomic E-state index is 14.1. The Bertz CT molecular complexity index is 423. The SMILES string of the molecule is CCCNc1ncc(F)c(N(CCN(C)C)CC(C)C)n1. The molecule has 0 aliphatic rings. The summed E-state index contributed by atoms with van der Waals surface area (Å²) in [5.74, 6) is 0.955. The molecule has 5 nitrogen and oxygen atoms in total. The highest BCUT2D eigenvalue weighted by atomic mass is 19.1. The van der Waals surface area contributed by atoms with E-state index >= 15 is 0 Å². The predicted octanol–water partition coefficient (Wildman–Crippen LogP) is 2.46. The Labute approximate surface area is 127 Å². The van der Waals surface area contributed by atoms with E-state index in [1.165, 1.54) is 6.20 Å². The summed E-state index contributed by atoms with van der Waals surface area (Å²) in [4.78, 5) is 12.4. The number of anilines is 2. The van der Waals surface area contributed by atoms with Crippen molar-refractivity contribution in [3.05, 3.63) is 12.0 Å². The minimum atomic E-state index is -0.364. The number of rotatable bonds is 9. The van der Waals surface area contributed by atoms with E-state index in [2.05, 4.69) is 41.0 Å². The molecule has 1 rings (SSSR count). The van der Waals surface area contributed by atoms with Gasteiger partial charge in [0.05, 0.1) is 6.20 Å². The Balaban J connectivity index is 2.92. The lowest BCUT2D eigenvalue weighted by molar-refractivity contribution is 0.407. The van der Waals surface area contributed by atoms with Crippen molar-refractivity contribution in [2.45, 2.75) is 27.2 Å². The summed E-state index contributed by atoms with van der Waals surface area (Å²) < 4.78 is 14.1. The Hall–Kier alpha value is -1.43. The quantitative estimate of drug-likeness (QED) is 0.758. The topological polar surface area (TPSA) is 44.3 Å². The number of nitrogens with one attached hydrogen (secondary N) is 1. The highest BCUT2D eigenvalue weighted by Gasteiger charge is 2.16. The Morgan fingerprint density at radius 1 is 1.29 bits per heavy atom. The monoisotopic (exact) mass is 297 g/mol. The van der Waals surface area contributed by atoms with Crippen LogP contribution in [0.3, 0.4) is 0 Å². The molecule has 0 aliphatic heterocycles. The van der Waals surface area contributed by atoms with Crippen molar-refractivity contribution in [1.82, 2.24) is 14.9 Å². The van der Waals surface area contributed by atoms with Gasteiger partial charge in [-0.15, -0.1) is 0 Å². The van der Waals surface area contributed by atoms with Gasteiger partial charge in [0.2, 0.25) is 5.95 Å². The first-order valence-corrected chi connectivity index (χ1v) is 7.60. The molecule has 0 radical (unpaired) electrons. The van der Waals surface area contributed by atoms with E-state index in [9.17, 15) is 4.39 Å². The van der Waals surface area contributed by atoms with E-state index in [1.54, 1.807) is 0 Å². The van der Waals surface area contributed by atoms with Crippen molar-refractivity contribution in [3.8, 4) is 0 Å². The van der Waals surface area contributed by atoms with Crippen LogP contribution < -0.4 is 10.2 Å². The van der Waals surface area contributed by atoms with E-state index in [4.69, 9.17) is 0 Å². The molecule has 0 atom stereocenters. The molecule has 6 heteroatoms. The number of hydrogen-bond donors (Lipinski definition) is 1. The van der Waals surface area contributed by atoms with Gasteiger partial charge in [-0.05, 0) is 26.4 Å². The van der Waals surface area contributed by atoms with Crippen LogP contribution in [-0.2, 0) is 0 Å². The fourth-order valence-corrected chi connectivity index (χ4v) is 1.95. The summed E-state index contributed by atoms with van der Waals surface area (Å²) in [6.07, 6.45) is 2.23. The average molecular weight is 297 g/mol. The molecule has 1 N–H and O–H groups in total. The predicted molar refractivity (Wildman–Crippen MR) is 86.4 cm³/mol. The van der Waals surface area contributed by atoms with Crippen LogP contribution in [0.25, 0.3) is 0 Å². The molecule has 0 aliphatic carbocycles. The molecule has 0 saturated heterocycles. The van der Waals surface area contributed by atoms with Crippen LogP contribution in [0.4, 0.5) is 16.2 Å². The second kappa shape index (κ2) is 8.77. The first kappa shape index (κ1) is 17.6. The summed E-state index contributed by atoms with van der Waals surface area (Å²) in [5, 5.41) is 3.11. The van der Waals surface area contributed by atoms with Crippen molar-refractivity contribution >= 4 is 11.8 Å². The minimum absolute atomic E-state index is 0.364. The van der Waals surface area contributed by atoms with Gasteiger partial charge >= 0.3 is 0 Å². The second-order valence-electron chi connectivity index (χ2n) is 5.94. The molecule has 0 fully saturated rings. The van der Waals surface area contributed by atoms with Crippen LogP contribution in [0.5, 0.6) is 0 Å². The van der Waals surface area contributed by atoms with Gasteiger partial charge in [0.1, 0.15) is 0 Å². The summed E-state index contributed by atoms with van der Waals surface area (Å²) in [6.45, 7) is 9.47. The zero-order valence-corrected chi connectivity index (χ0v) is 13.9. The first-order valence-electron chi connectivity index (χ1n) is 7.60. The zero-order valence-electron chi connectivity index (χ0n) is 13.9. The lowest BCUT2D eigenvalue weighted by atomic mass is 10.2. The first-order chi connectivity index (χ1) is 9.93. The van der Waals surface area contributed by atoms with Crippen LogP contribution in [0.1, 0.15) is 27.2 Å². The van der Waals surface area contributed by atoms with Crippen LogP contribution in [0, 0.1) is 11.7 Å². The molecule has 0 unspecified atom stereocenters. The maximum Gasteiger partial charge on any atom is 0.224 e. The van der Waals surface area contributed by atoms with E-state index in [-0.39, 0.29) is 5.82 Å². The number of nitrogens with zero attached hydrogens (tertiary/aromatic N) is 4. The van der Waals surface area contributed by atoms with E-state index in [0.29, 0.717) is 17.7 Å². The van der Waals surface area contributed by atoms with Crippen molar-refractivity contribution in [1.29, 1.82) is 0 Å². The van der Waals surface area contributed by atoms with Crippen LogP contribution in [0.15, 0.2) is 6.20 Å². The maximum absolute atomic E-state index is 14.1. The highest BCUT2D eigenvalue weighted by molar-refractivity contribution is 5.44. The smallest absolute Gasteiger partial charge is 0.224 e. The van der Waals surface area contributed by atoms with Crippen molar-refractivity contribution < 1.29 is 4.39 Å². The van der Waals surface area contributed by atoms with Gasteiger partial charge in [-0.25, -0.2) is 9.37 Å². The molecule has 0 saturated carbocycles. The molecular weight excluding hydrogens is 269 g/mol. The van der Waals surface area contributed by atoms with Crippen LogP contribution in [-0.4, -0.2) is 55.1 Å². The van der Waals surface area contributed by atoms with Gasteiger partial charge in [0, 0.05) is 26.2 Å². The summed E-state index contributed by atoms with van der Waals surface area (Å²) >= 11 is 0. The largest absolute Gasteiger partial charge is 0.354 e. The molecule has 1 aromatic heterocycles. The highest BCUT2D eigenvalue weighted by Crippen LogP contribution is 2.18.